The molecule has 0 bridgehead atoms. The van der Waals surface area contributed by atoms with E-state index in [4.69, 9.17) is 0 Å². The van der Waals surface area contributed by atoms with Crippen molar-refractivity contribution in [1.82, 2.24) is 0 Å². The van der Waals surface area contributed by atoms with Gasteiger partial charge in [0.25, 0.3) is 0 Å². The predicted octanol–water partition coefficient (Wildman–Crippen LogP) is -1.43. The summed E-state index contributed by atoms with van der Waals surface area (Å²) >= 11 is 0. The van der Waals surface area contributed by atoms with Crippen LogP contribution in [0.2, 0.25) is 0 Å². The Bertz CT molecular complexity index is 53.2. The topological polar surface area (TPSA) is 23.1 Å². The van der Waals surface area contributed by atoms with Crippen molar-refractivity contribution >= 4 is 0 Å². The molecule has 1 atom stereocenters. The molecule has 2 heteroatoms. The molecule has 0 N–H and O–H groups in total. The molecular formula is C8H17ORb. The van der Waals surface area contributed by atoms with Crippen LogP contribution >= 0.6 is 0 Å². The van der Waals surface area contributed by atoms with Crippen LogP contribution in [0.25, 0.3) is 0 Å². The molecule has 0 amide bonds. The van der Waals surface area contributed by atoms with Gasteiger partial charge in [0.15, 0.2) is 0 Å². The molecule has 0 radical (unpaired) electrons. The minimum Gasteiger partial charge on any atom is -0.854 e. The van der Waals surface area contributed by atoms with Crippen LogP contribution in [0.4, 0.5) is 0 Å². The smallest absolute Gasteiger partial charge is 0.854 e. The molecule has 0 aliphatic carbocycles. The van der Waals surface area contributed by atoms with Crippen LogP contribution in [0.15, 0.2) is 0 Å². The fourth-order valence-corrected chi connectivity index (χ4v) is 0.898. The van der Waals surface area contributed by atoms with Crippen LogP contribution in [0.1, 0.15) is 39.5 Å². The average Bonchev–Trinajstić information content (AvgIpc) is 1.91. The van der Waals surface area contributed by atoms with E-state index < -0.39 is 0 Å². The molecule has 0 saturated carbocycles. The van der Waals surface area contributed by atoms with E-state index in [9.17, 15) is 5.11 Å². The molecular weight excluding hydrogens is 198 g/mol. The maximum atomic E-state index is 10.4. The molecule has 0 spiro atoms. The predicted molar refractivity (Wildman–Crippen MR) is 38.2 cm³/mol. The largest absolute Gasteiger partial charge is 1.00 e. The van der Waals surface area contributed by atoms with E-state index >= 15 is 0 Å². The molecule has 0 aliphatic rings. The van der Waals surface area contributed by atoms with Gasteiger partial charge in [-0.15, -0.1) is 6.61 Å². The molecule has 10 heavy (non-hydrogen) atoms. The van der Waals surface area contributed by atoms with Crippen molar-refractivity contribution in [2.45, 2.75) is 39.5 Å². The third-order valence-corrected chi connectivity index (χ3v) is 1.78. The first-order valence-electron chi connectivity index (χ1n) is 3.93. The molecule has 0 rings (SSSR count). The van der Waals surface area contributed by atoms with E-state index in [2.05, 4.69) is 13.8 Å². The van der Waals surface area contributed by atoms with Crippen LogP contribution in [-0.2, 0) is 0 Å². The molecule has 1 unspecified atom stereocenters. The number of hydrogen-bond donors (Lipinski definition) is 0. The van der Waals surface area contributed by atoms with Crippen molar-refractivity contribution in [1.29, 1.82) is 0 Å². The third kappa shape index (κ3) is 7.87. The van der Waals surface area contributed by atoms with Crippen molar-refractivity contribution < 1.29 is 63.3 Å². The normalized spacial score (nSPS) is 12.3. The van der Waals surface area contributed by atoms with Gasteiger partial charge in [0.1, 0.15) is 0 Å². The summed E-state index contributed by atoms with van der Waals surface area (Å²) in [6, 6.07) is 0. The molecule has 0 saturated heterocycles. The molecule has 0 aromatic rings. The van der Waals surface area contributed by atoms with E-state index in [1.54, 1.807) is 0 Å². The van der Waals surface area contributed by atoms with Crippen LogP contribution in [-0.4, -0.2) is 6.61 Å². The molecule has 0 heterocycles. The van der Waals surface area contributed by atoms with E-state index in [0.29, 0.717) is 5.92 Å². The summed E-state index contributed by atoms with van der Waals surface area (Å²) in [7, 11) is 0. The van der Waals surface area contributed by atoms with Gasteiger partial charge >= 0.3 is 58.2 Å². The summed E-state index contributed by atoms with van der Waals surface area (Å²) in [4.78, 5) is 0. The number of unbranched alkanes of at least 4 members (excludes halogenated alkanes) is 1. The summed E-state index contributed by atoms with van der Waals surface area (Å²) in [6.07, 6.45) is 4.64. The maximum absolute atomic E-state index is 10.4. The number of hydrogen-bond acceptors (Lipinski definition) is 1. The van der Waals surface area contributed by atoms with Crippen LogP contribution < -0.4 is 63.3 Å². The van der Waals surface area contributed by atoms with Crippen LogP contribution in [0.5, 0.6) is 0 Å². The van der Waals surface area contributed by atoms with Crippen LogP contribution in [0, 0.1) is 5.92 Å². The summed E-state index contributed by atoms with van der Waals surface area (Å²) < 4.78 is 0. The monoisotopic (exact) mass is 214 g/mol. The summed E-state index contributed by atoms with van der Waals surface area (Å²) in [5, 5.41) is 10.4. The van der Waals surface area contributed by atoms with Gasteiger partial charge in [-0.3, -0.25) is 0 Å². The van der Waals surface area contributed by atoms with E-state index in [0.717, 1.165) is 12.8 Å². The van der Waals surface area contributed by atoms with Gasteiger partial charge in [0.2, 0.25) is 0 Å². The second kappa shape index (κ2) is 10.8. The van der Waals surface area contributed by atoms with Gasteiger partial charge < -0.3 is 5.11 Å². The van der Waals surface area contributed by atoms with E-state index in [1.165, 1.54) is 12.8 Å². The van der Waals surface area contributed by atoms with Crippen molar-refractivity contribution in [3.8, 4) is 0 Å². The van der Waals surface area contributed by atoms with Crippen molar-refractivity contribution in [2.24, 2.45) is 5.92 Å². The SMILES string of the molecule is CCCCC(CC)C[O-].[Rb+]. The van der Waals surface area contributed by atoms with Gasteiger partial charge in [0, 0.05) is 0 Å². The molecule has 0 fully saturated rings. The summed E-state index contributed by atoms with van der Waals surface area (Å²) in [6.45, 7) is 4.38. The minimum atomic E-state index is 0. The molecule has 0 aromatic heterocycles. The van der Waals surface area contributed by atoms with E-state index in [-0.39, 0.29) is 64.8 Å². The second-order valence-electron chi connectivity index (χ2n) is 2.58. The first-order chi connectivity index (χ1) is 4.35. The fraction of sp³-hybridized carbons (Fsp3) is 1.00. The van der Waals surface area contributed by atoms with Crippen LogP contribution in [0.3, 0.4) is 0 Å². The fourth-order valence-electron chi connectivity index (χ4n) is 0.898. The van der Waals surface area contributed by atoms with Gasteiger partial charge in [-0.2, -0.15) is 0 Å². The Morgan fingerprint density at radius 2 is 1.90 bits per heavy atom. The van der Waals surface area contributed by atoms with E-state index in [1.807, 2.05) is 0 Å². The maximum Gasteiger partial charge on any atom is 1.00 e. The Balaban J connectivity index is 0. The standard InChI is InChI=1S/C8H17O.Rb/c1-3-5-6-8(4-2)7-9;/h8H,3-7H2,1-2H3;/q-1;+1. The van der Waals surface area contributed by atoms with Gasteiger partial charge in [-0.1, -0.05) is 45.4 Å². The van der Waals surface area contributed by atoms with Crippen molar-refractivity contribution in [2.75, 3.05) is 6.61 Å². The van der Waals surface area contributed by atoms with Crippen molar-refractivity contribution in [3.05, 3.63) is 0 Å². The average molecular weight is 215 g/mol. The quantitative estimate of drug-likeness (QED) is 0.550. The minimum absolute atomic E-state index is 0. The zero-order valence-electron chi connectivity index (χ0n) is 7.52. The zero-order chi connectivity index (χ0) is 7.11. The molecule has 1 nitrogen and oxygen atoms in total. The molecule has 56 valence electrons. The summed E-state index contributed by atoms with van der Waals surface area (Å²) in [5.41, 5.74) is 0. The Kier molecular flexibility index (Phi) is 15.4. The molecule has 0 aromatic carbocycles. The summed E-state index contributed by atoms with van der Waals surface area (Å²) in [5.74, 6) is 0.449. The third-order valence-electron chi connectivity index (χ3n) is 1.78. The molecule has 0 aliphatic heterocycles. The zero-order valence-corrected chi connectivity index (χ0v) is 12.4. The Morgan fingerprint density at radius 3 is 2.20 bits per heavy atom. The van der Waals surface area contributed by atoms with Gasteiger partial charge in [-0.05, 0) is 0 Å². The first kappa shape index (κ1) is 14.3. The Morgan fingerprint density at radius 1 is 1.30 bits per heavy atom. The van der Waals surface area contributed by atoms with Crippen molar-refractivity contribution in [3.63, 3.8) is 0 Å². The Labute approximate surface area is 113 Å². The van der Waals surface area contributed by atoms with Gasteiger partial charge in [-0.25, -0.2) is 0 Å². The Hall–Kier alpha value is 1.77. The van der Waals surface area contributed by atoms with Gasteiger partial charge in [0.05, 0.1) is 0 Å². The second-order valence-corrected chi connectivity index (χ2v) is 2.58. The number of rotatable bonds is 5. The first-order valence-corrected chi connectivity index (χ1v) is 3.93.